The topological polar surface area (TPSA) is 71.2 Å². The van der Waals surface area contributed by atoms with Gasteiger partial charge in [-0.05, 0) is 27.2 Å². The molecule has 0 atom stereocenters. The number of rotatable bonds is 10. The predicted octanol–water partition coefficient (Wildman–Crippen LogP) is 2.51. The number of aromatic nitrogens is 4. The largest absolute Gasteiger partial charge is 0.352 e. The van der Waals surface area contributed by atoms with Crippen molar-refractivity contribution in [2.45, 2.75) is 58.7 Å². The summed E-state index contributed by atoms with van der Waals surface area (Å²) in [5.41, 5.74) is 0.989. The summed E-state index contributed by atoms with van der Waals surface area (Å²) in [5.74, 6) is 0.589. The van der Waals surface area contributed by atoms with Crippen LogP contribution >= 0.6 is 11.8 Å². The van der Waals surface area contributed by atoms with E-state index in [1.807, 2.05) is 33.9 Å². The maximum absolute atomic E-state index is 12.7. The third kappa shape index (κ3) is 4.37. The molecule has 8 heteroatoms. The molecule has 0 unspecified atom stereocenters. The molecule has 0 fully saturated rings. The maximum atomic E-state index is 12.7. The Labute approximate surface area is 146 Å². The van der Waals surface area contributed by atoms with Gasteiger partial charge in [0, 0.05) is 26.3 Å². The van der Waals surface area contributed by atoms with Crippen LogP contribution in [0.15, 0.2) is 16.1 Å². The predicted molar refractivity (Wildman–Crippen MR) is 95.5 cm³/mol. The Morgan fingerprint density at radius 1 is 1.21 bits per heavy atom. The van der Waals surface area contributed by atoms with Crippen molar-refractivity contribution in [1.82, 2.24) is 19.3 Å². The highest BCUT2D eigenvalue weighted by molar-refractivity contribution is 7.99. The smallest absolute Gasteiger partial charge is 0.282 e. The van der Waals surface area contributed by atoms with Crippen LogP contribution in [0.5, 0.6) is 0 Å². The van der Waals surface area contributed by atoms with Gasteiger partial charge in [-0.2, -0.15) is 5.10 Å². The molecule has 0 aliphatic carbocycles. The van der Waals surface area contributed by atoms with Crippen molar-refractivity contribution in [3.05, 3.63) is 16.6 Å². The highest BCUT2D eigenvalue weighted by Gasteiger charge is 2.16. The molecule has 2 rings (SSSR count). The molecule has 0 saturated carbocycles. The van der Waals surface area contributed by atoms with Crippen molar-refractivity contribution in [1.29, 1.82) is 0 Å². The molecule has 0 bridgehead atoms. The van der Waals surface area contributed by atoms with Crippen molar-refractivity contribution in [2.75, 3.05) is 19.0 Å². The summed E-state index contributed by atoms with van der Waals surface area (Å²) in [5, 5.41) is 5.02. The van der Waals surface area contributed by atoms with E-state index in [9.17, 15) is 4.79 Å². The molecule has 24 heavy (non-hydrogen) atoms. The number of aryl methyl sites for hydroxylation is 1. The van der Waals surface area contributed by atoms with E-state index in [-0.39, 0.29) is 11.8 Å². The number of thioether (sulfide) groups is 1. The second-order valence-corrected chi connectivity index (χ2v) is 6.21. The standard InChI is InChI=1S/C16H26N4O3S/c1-5-9-20-15(21)14-12(10-19(6-2)18-14)17-16(20)24-11-13(22-7-3)23-8-4/h10,13H,5-9,11H2,1-4H3. The molecule has 2 aromatic heterocycles. The number of nitrogens with zero attached hydrogens (tertiary/aromatic N) is 4. The molecular formula is C16H26N4O3S. The zero-order valence-electron chi connectivity index (χ0n) is 14.8. The monoisotopic (exact) mass is 354 g/mol. The van der Waals surface area contributed by atoms with E-state index < -0.39 is 0 Å². The highest BCUT2D eigenvalue weighted by Crippen LogP contribution is 2.20. The summed E-state index contributed by atoms with van der Waals surface area (Å²) < 4.78 is 14.6. The lowest BCUT2D eigenvalue weighted by Crippen LogP contribution is -2.25. The summed E-state index contributed by atoms with van der Waals surface area (Å²) >= 11 is 1.49. The SMILES string of the molecule is CCCn1c(SCC(OCC)OCC)nc2cn(CC)nc2c1=O. The van der Waals surface area contributed by atoms with Gasteiger partial charge in [0.1, 0.15) is 5.52 Å². The van der Waals surface area contributed by atoms with E-state index in [1.54, 1.807) is 9.25 Å². The van der Waals surface area contributed by atoms with Gasteiger partial charge in [0.15, 0.2) is 17.0 Å². The van der Waals surface area contributed by atoms with Crippen LogP contribution in [0.3, 0.4) is 0 Å². The van der Waals surface area contributed by atoms with E-state index in [0.29, 0.717) is 48.2 Å². The Bertz CT molecular complexity index is 707. The Kier molecular flexibility index (Phi) is 7.26. The molecule has 2 heterocycles. The van der Waals surface area contributed by atoms with Crippen LogP contribution in [0.2, 0.25) is 0 Å². The normalized spacial score (nSPS) is 11.7. The summed E-state index contributed by atoms with van der Waals surface area (Å²) in [4.78, 5) is 17.4. The molecule has 7 nitrogen and oxygen atoms in total. The molecule has 0 saturated heterocycles. The van der Waals surface area contributed by atoms with Crippen LogP contribution in [0.4, 0.5) is 0 Å². The fraction of sp³-hybridized carbons (Fsp3) is 0.688. The molecule has 0 aliphatic rings. The molecule has 134 valence electrons. The summed E-state index contributed by atoms with van der Waals surface area (Å²) in [6.45, 7) is 10.4. The fourth-order valence-electron chi connectivity index (χ4n) is 2.37. The van der Waals surface area contributed by atoms with Gasteiger partial charge in [-0.1, -0.05) is 18.7 Å². The fourth-order valence-corrected chi connectivity index (χ4v) is 3.35. The Morgan fingerprint density at radius 3 is 2.50 bits per heavy atom. The average molecular weight is 354 g/mol. The molecule has 0 radical (unpaired) electrons. The lowest BCUT2D eigenvalue weighted by molar-refractivity contribution is -0.120. The van der Waals surface area contributed by atoms with Gasteiger partial charge in [0.05, 0.1) is 11.9 Å². The highest BCUT2D eigenvalue weighted by atomic mass is 32.2. The first-order valence-corrected chi connectivity index (χ1v) is 9.47. The second-order valence-electron chi connectivity index (χ2n) is 5.22. The van der Waals surface area contributed by atoms with Crippen LogP contribution in [0, 0.1) is 0 Å². The summed E-state index contributed by atoms with van der Waals surface area (Å²) in [6.07, 6.45) is 2.38. The molecule has 0 N–H and O–H groups in total. The van der Waals surface area contributed by atoms with Crippen molar-refractivity contribution in [3.63, 3.8) is 0 Å². The minimum absolute atomic E-state index is 0.0825. The molecular weight excluding hydrogens is 328 g/mol. The van der Waals surface area contributed by atoms with Crippen molar-refractivity contribution in [3.8, 4) is 0 Å². The van der Waals surface area contributed by atoms with Crippen molar-refractivity contribution < 1.29 is 9.47 Å². The summed E-state index contributed by atoms with van der Waals surface area (Å²) in [7, 11) is 0. The number of ether oxygens (including phenoxy) is 2. The van der Waals surface area contributed by atoms with Gasteiger partial charge in [-0.3, -0.25) is 14.0 Å². The number of hydrogen-bond donors (Lipinski definition) is 0. The van der Waals surface area contributed by atoms with Gasteiger partial charge in [-0.25, -0.2) is 4.98 Å². The summed E-state index contributed by atoms with van der Waals surface area (Å²) in [6, 6.07) is 0. The zero-order valence-corrected chi connectivity index (χ0v) is 15.6. The Hall–Kier alpha value is -1.38. The van der Waals surface area contributed by atoms with Crippen molar-refractivity contribution >= 4 is 22.8 Å². The number of hydrogen-bond acceptors (Lipinski definition) is 6. The third-order valence-corrected chi connectivity index (χ3v) is 4.47. The van der Waals surface area contributed by atoms with Gasteiger partial charge in [0.25, 0.3) is 5.56 Å². The van der Waals surface area contributed by atoms with Gasteiger partial charge < -0.3 is 9.47 Å². The van der Waals surface area contributed by atoms with E-state index in [0.717, 1.165) is 6.42 Å². The quantitative estimate of drug-likeness (QED) is 0.371. The molecule has 0 amide bonds. The Morgan fingerprint density at radius 2 is 1.92 bits per heavy atom. The lowest BCUT2D eigenvalue weighted by Gasteiger charge is -2.17. The first-order chi connectivity index (χ1) is 11.6. The Balaban J connectivity index is 2.32. The minimum Gasteiger partial charge on any atom is -0.352 e. The van der Waals surface area contributed by atoms with Crippen molar-refractivity contribution in [2.24, 2.45) is 0 Å². The first kappa shape index (κ1) is 19.0. The molecule has 0 spiro atoms. The van der Waals surface area contributed by atoms with Gasteiger partial charge >= 0.3 is 0 Å². The van der Waals surface area contributed by atoms with Crippen LogP contribution in [-0.2, 0) is 22.6 Å². The van der Waals surface area contributed by atoms with E-state index in [1.165, 1.54) is 11.8 Å². The maximum Gasteiger partial charge on any atom is 0.282 e. The molecule has 0 aromatic carbocycles. The second kappa shape index (κ2) is 9.19. The lowest BCUT2D eigenvalue weighted by atomic mass is 10.4. The number of fused-ring (bicyclic) bond motifs is 1. The van der Waals surface area contributed by atoms with E-state index >= 15 is 0 Å². The van der Waals surface area contributed by atoms with Gasteiger partial charge in [-0.15, -0.1) is 0 Å². The van der Waals surface area contributed by atoms with Crippen LogP contribution in [0.1, 0.15) is 34.1 Å². The zero-order chi connectivity index (χ0) is 17.5. The van der Waals surface area contributed by atoms with E-state index in [4.69, 9.17) is 9.47 Å². The van der Waals surface area contributed by atoms with Crippen LogP contribution < -0.4 is 5.56 Å². The van der Waals surface area contributed by atoms with Crippen LogP contribution in [0.25, 0.3) is 11.0 Å². The molecule has 0 aliphatic heterocycles. The van der Waals surface area contributed by atoms with Gasteiger partial charge in [0.2, 0.25) is 0 Å². The first-order valence-electron chi connectivity index (χ1n) is 8.48. The van der Waals surface area contributed by atoms with E-state index in [2.05, 4.69) is 10.1 Å². The molecule has 2 aromatic rings. The minimum atomic E-state index is -0.300. The average Bonchev–Trinajstić information content (AvgIpc) is 2.99. The third-order valence-electron chi connectivity index (χ3n) is 3.46. The van der Waals surface area contributed by atoms with Crippen LogP contribution in [-0.4, -0.2) is 44.6 Å².